The Morgan fingerprint density at radius 1 is 1.44 bits per heavy atom. The van der Waals surface area contributed by atoms with Crippen molar-refractivity contribution in [2.45, 2.75) is 26.6 Å². The second-order valence-corrected chi connectivity index (χ2v) is 7.05. The number of likely N-dealkylation sites (N-methyl/N-ethyl adjacent to an activating group) is 1. The molecule has 0 spiro atoms. The van der Waals surface area contributed by atoms with Gasteiger partial charge in [0.15, 0.2) is 12.3 Å². The van der Waals surface area contributed by atoms with Gasteiger partial charge in [-0.3, -0.25) is 4.79 Å². The van der Waals surface area contributed by atoms with Crippen LogP contribution in [0.4, 0.5) is 0 Å². The number of aliphatic hydroxyl groups is 1. The number of hydrogen-bond acceptors (Lipinski definition) is 7. The summed E-state index contributed by atoms with van der Waals surface area (Å²) in [5.74, 6) is 0.661. The molecule has 1 N–H and O–H groups in total. The Morgan fingerprint density at radius 2 is 2.24 bits per heavy atom. The van der Waals surface area contributed by atoms with Gasteiger partial charge >= 0.3 is 0 Å². The molecular formula is C17H19N3O4S. The molecule has 2 heterocycles. The monoisotopic (exact) mass is 361 g/mol. The zero-order valence-corrected chi connectivity index (χ0v) is 15.0. The number of carbonyl (C=O) groups is 1. The van der Waals surface area contributed by atoms with Crippen molar-refractivity contribution >= 4 is 27.5 Å². The maximum absolute atomic E-state index is 12.2. The van der Waals surface area contributed by atoms with E-state index in [9.17, 15) is 9.90 Å². The minimum atomic E-state index is -0.604. The predicted molar refractivity (Wildman–Crippen MR) is 93.8 cm³/mol. The molecule has 0 fully saturated rings. The molecule has 0 aliphatic carbocycles. The third kappa shape index (κ3) is 4.15. The number of ether oxygens (including phenoxy) is 1. The lowest BCUT2D eigenvalue weighted by Gasteiger charge is -2.16. The van der Waals surface area contributed by atoms with Crippen molar-refractivity contribution in [3.63, 3.8) is 0 Å². The number of amides is 1. The van der Waals surface area contributed by atoms with Crippen LogP contribution in [0.15, 0.2) is 28.9 Å². The highest BCUT2D eigenvalue weighted by atomic mass is 32.1. The van der Waals surface area contributed by atoms with Crippen LogP contribution in [0.5, 0.6) is 5.75 Å². The van der Waals surface area contributed by atoms with Crippen LogP contribution in [-0.4, -0.2) is 45.6 Å². The molecule has 0 radical (unpaired) electrons. The summed E-state index contributed by atoms with van der Waals surface area (Å²) < 4.78 is 12.1. The Labute approximate surface area is 148 Å². The van der Waals surface area contributed by atoms with Crippen molar-refractivity contribution in [1.29, 1.82) is 0 Å². The summed E-state index contributed by atoms with van der Waals surface area (Å²) in [6, 6.07) is 5.69. The van der Waals surface area contributed by atoms with Crippen LogP contribution in [0.1, 0.15) is 28.3 Å². The number of aryl methyl sites for hydroxylation is 1. The molecule has 7 nitrogen and oxygen atoms in total. The van der Waals surface area contributed by atoms with Crippen LogP contribution < -0.4 is 4.74 Å². The average Bonchev–Trinajstić information content (AvgIpc) is 3.16. The highest BCUT2D eigenvalue weighted by Crippen LogP contribution is 2.26. The minimum absolute atomic E-state index is 0.113. The van der Waals surface area contributed by atoms with Gasteiger partial charge in [0, 0.05) is 19.7 Å². The van der Waals surface area contributed by atoms with Gasteiger partial charge in [0.05, 0.1) is 21.3 Å². The summed E-state index contributed by atoms with van der Waals surface area (Å²) in [4.78, 5) is 22.1. The first kappa shape index (κ1) is 17.4. The lowest BCUT2D eigenvalue weighted by molar-refractivity contribution is 0.0698. The number of aromatic nitrogens is 2. The Hall–Kier alpha value is -2.45. The second-order valence-electron chi connectivity index (χ2n) is 5.81. The molecule has 0 saturated carbocycles. The number of rotatable bonds is 6. The SMILES string of the molecule is Cc1nc2cc(OCc3nc(C(=O)N(C)C[C@H](C)O)co3)ccc2s1. The molecule has 132 valence electrons. The first-order valence-corrected chi connectivity index (χ1v) is 8.62. The van der Waals surface area contributed by atoms with Crippen LogP contribution in [0.2, 0.25) is 0 Å². The number of aliphatic hydroxyl groups excluding tert-OH is 1. The number of hydrogen-bond donors (Lipinski definition) is 1. The molecule has 0 aliphatic heterocycles. The fraction of sp³-hybridized carbons (Fsp3) is 0.353. The standard InChI is InChI=1S/C17H19N3O4S/c1-10(21)7-20(3)17(22)14-8-24-16(19-14)9-23-12-4-5-15-13(6-12)18-11(2)25-15/h4-6,8,10,21H,7,9H2,1-3H3/t10-/m0/s1. The van der Waals surface area contributed by atoms with Gasteiger partial charge in [-0.2, -0.15) is 0 Å². The molecule has 3 rings (SSSR count). The molecule has 2 aromatic heterocycles. The fourth-order valence-corrected chi connectivity index (χ4v) is 3.21. The largest absolute Gasteiger partial charge is 0.484 e. The third-order valence-electron chi connectivity index (χ3n) is 3.48. The van der Waals surface area contributed by atoms with Gasteiger partial charge in [-0.25, -0.2) is 9.97 Å². The van der Waals surface area contributed by atoms with E-state index in [1.54, 1.807) is 25.3 Å². The minimum Gasteiger partial charge on any atom is -0.484 e. The van der Waals surface area contributed by atoms with Gasteiger partial charge in [-0.15, -0.1) is 11.3 Å². The molecule has 8 heteroatoms. The first-order chi connectivity index (χ1) is 11.9. The van der Waals surface area contributed by atoms with Crippen molar-refractivity contribution in [1.82, 2.24) is 14.9 Å². The Kier molecular flexibility index (Phi) is 5.00. The van der Waals surface area contributed by atoms with E-state index in [0.29, 0.717) is 11.6 Å². The van der Waals surface area contributed by atoms with E-state index in [4.69, 9.17) is 9.15 Å². The maximum Gasteiger partial charge on any atom is 0.275 e. The van der Waals surface area contributed by atoms with Gasteiger partial charge in [0.25, 0.3) is 5.91 Å². The van der Waals surface area contributed by atoms with Gasteiger partial charge in [0.2, 0.25) is 5.89 Å². The van der Waals surface area contributed by atoms with Crippen LogP contribution >= 0.6 is 11.3 Å². The highest BCUT2D eigenvalue weighted by molar-refractivity contribution is 7.18. The summed E-state index contributed by atoms with van der Waals surface area (Å²) in [5, 5.41) is 10.4. The zero-order chi connectivity index (χ0) is 18.0. The quantitative estimate of drug-likeness (QED) is 0.726. The molecule has 0 aliphatic rings. The third-order valence-corrected chi connectivity index (χ3v) is 4.44. The van der Waals surface area contributed by atoms with Crippen LogP contribution in [0, 0.1) is 6.92 Å². The summed E-state index contributed by atoms with van der Waals surface area (Å²) in [6.07, 6.45) is 0.694. The van der Waals surface area contributed by atoms with E-state index >= 15 is 0 Å². The van der Waals surface area contributed by atoms with Crippen molar-refractivity contribution in [2.24, 2.45) is 0 Å². The molecule has 1 amide bonds. The summed E-state index contributed by atoms with van der Waals surface area (Å²) in [7, 11) is 1.60. The number of fused-ring (bicyclic) bond motifs is 1. The van der Waals surface area contributed by atoms with E-state index in [0.717, 1.165) is 15.2 Å². The summed E-state index contributed by atoms with van der Waals surface area (Å²) in [6.45, 7) is 3.92. The normalized spacial score (nSPS) is 12.3. The van der Waals surface area contributed by atoms with Crippen molar-refractivity contribution in [2.75, 3.05) is 13.6 Å². The molecule has 3 aromatic rings. The molecule has 0 saturated heterocycles. The Morgan fingerprint density at radius 3 is 3.00 bits per heavy atom. The molecule has 25 heavy (non-hydrogen) atoms. The molecule has 1 aromatic carbocycles. The molecule has 0 unspecified atom stereocenters. The van der Waals surface area contributed by atoms with Crippen LogP contribution in [-0.2, 0) is 6.61 Å². The van der Waals surface area contributed by atoms with Gasteiger partial charge < -0.3 is 19.2 Å². The van der Waals surface area contributed by atoms with Crippen LogP contribution in [0.25, 0.3) is 10.2 Å². The summed E-state index contributed by atoms with van der Waals surface area (Å²) >= 11 is 1.63. The van der Waals surface area contributed by atoms with Crippen LogP contribution in [0.3, 0.4) is 0 Å². The Bertz CT molecular complexity index is 887. The van der Waals surface area contributed by atoms with Crippen molar-refractivity contribution < 1.29 is 19.1 Å². The Balaban J connectivity index is 1.63. The molecule has 0 bridgehead atoms. The smallest absolute Gasteiger partial charge is 0.275 e. The van der Waals surface area contributed by atoms with Crippen molar-refractivity contribution in [3.05, 3.63) is 41.1 Å². The topological polar surface area (TPSA) is 88.7 Å². The zero-order valence-electron chi connectivity index (χ0n) is 14.2. The number of nitrogens with zero attached hydrogens (tertiary/aromatic N) is 3. The van der Waals surface area contributed by atoms with Gasteiger partial charge in [-0.05, 0) is 26.0 Å². The molecular weight excluding hydrogens is 342 g/mol. The number of benzene rings is 1. The number of carbonyl (C=O) groups excluding carboxylic acids is 1. The fourth-order valence-electron chi connectivity index (χ4n) is 2.41. The van der Waals surface area contributed by atoms with Gasteiger partial charge in [0.1, 0.15) is 12.0 Å². The number of thiazole rings is 1. The van der Waals surface area contributed by atoms with E-state index in [1.807, 2.05) is 25.1 Å². The maximum atomic E-state index is 12.2. The highest BCUT2D eigenvalue weighted by Gasteiger charge is 2.18. The van der Waals surface area contributed by atoms with E-state index < -0.39 is 6.10 Å². The second kappa shape index (κ2) is 7.20. The lowest BCUT2D eigenvalue weighted by Crippen LogP contribution is -2.33. The predicted octanol–water partition coefficient (Wildman–Crippen LogP) is 2.62. The van der Waals surface area contributed by atoms with E-state index in [-0.39, 0.29) is 24.8 Å². The average molecular weight is 361 g/mol. The summed E-state index contributed by atoms with van der Waals surface area (Å²) in [5.41, 5.74) is 1.08. The first-order valence-electron chi connectivity index (χ1n) is 7.80. The van der Waals surface area contributed by atoms with Crippen molar-refractivity contribution in [3.8, 4) is 5.75 Å². The molecule has 1 atom stereocenters. The van der Waals surface area contributed by atoms with E-state index in [1.165, 1.54) is 11.2 Å². The number of oxazole rings is 1. The van der Waals surface area contributed by atoms with E-state index in [2.05, 4.69) is 9.97 Å². The lowest BCUT2D eigenvalue weighted by atomic mass is 10.3. The van der Waals surface area contributed by atoms with Gasteiger partial charge in [-0.1, -0.05) is 0 Å².